The highest BCUT2D eigenvalue weighted by Crippen LogP contribution is 2.23. The first-order chi connectivity index (χ1) is 43.3. The van der Waals surface area contributed by atoms with Crippen LogP contribution >= 0.6 is 0 Å². The largest absolute Gasteiger partial charge is 0.394 e. The second-order valence-corrected chi connectivity index (χ2v) is 26.4. The Balaban J connectivity index is 2.12. The molecular weight excluding hydrogens is 1090 g/mol. The third-order valence-electron chi connectivity index (χ3n) is 18.0. The molecule has 514 valence electrons. The Kier molecular flexibility index (Phi) is 64.2. The van der Waals surface area contributed by atoms with Gasteiger partial charge in [-0.2, -0.15) is 0 Å². The minimum absolute atomic E-state index is 0.186. The summed E-state index contributed by atoms with van der Waals surface area (Å²) < 4.78 is 11.3. The number of hydrogen-bond donors (Lipinski definition) is 6. The van der Waals surface area contributed by atoms with Gasteiger partial charge in [0.2, 0.25) is 5.91 Å². The predicted molar refractivity (Wildman–Crippen MR) is 378 cm³/mol. The number of nitrogens with one attached hydrogen (secondary N) is 1. The highest BCUT2D eigenvalue weighted by Gasteiger charge is 2.44. The standard InChI is InChI=1S/C79H145NO8/c1-3-5-7-9-11-13-15-17-19-21-23-25-27-29-31-33-35-36-37-38-39-41-43-45-47-49-51-53-55-57-59-61-63-65-67-69-75(83)80-72(71-87-79-78(86)77(85)76(84)74(70-81)88-79)73(82)68-66-64-62-60-58-56-54-52-50-48-46-44-42-40-34-32-30-28-26-24-22-20-18-16-14-12-10-8-6-4-2/h15,17,21,23,27,29,50,52,58,60,66,68,72-74,76-79,81-82,84-86H,3-14,16,18-20,22,24-26,28,30-49,51,53-57,59,61-65,67,69-71H2,1-2H3,(H,80,83)/b17-15-,23-21-,29-27-,52-50+,60-58+,68-66+. The summed E-state index contributed by atoms with van der Waals surface area (Å²) in [6, 6.07) is -0.832. The number of ether oxygens (including phenoxy) is 2. The van der Waals surface area contributed by atoms with Crippen molar-refractivity contribution in [1.29, 1.82) is 0 Å². The zero-order valence-electron chi connectivity index (χ0n) is 57.7. The van der Waals surface area contributed by atoms with Crippen LogP contribution < -0.4 is 5.32 Å². The van der Waals surface area contributed by atoms with Crippen molar-refractivity contribution in [2.45, 2.75) is 410 Å². The van der Waals surface area contributed by atoms with Crippen LogP contribution in [0.3, 0.4) is 0 Å². The molecule has 0 radical (unpaired) electrons. The summed E-state index contributed by atoms with van der Waals surface area (Å²) in [5, 5.41) is 54.8. The van der Waals surface area contributed by atoms with Crippen LogP contribution in [-0.2, 0) is 14.3 Å². The van der Waals surface area contributed by atoms with Crippen LogP contribution in [0, 0.1) is 0 Å². The maximum Gasteiger partial charge on any atom is 0.220 e. The summed E-state index contributed by atoms with van der Waals surface area (Å²) in [7, 11) is 0. The molecule has 1 aliphatic heterocycles. The maximum absolute atomic E-state index is 13.1. The van der Waals surface area contributed by atoms with Crippen molar-refractivity contribution in [3.05, 3.63) is 72.9 Å². The van der Waals surface area contributed by atoms with Crippen LogP contribution in [0.15, 0.2) is 72.9 Å². The molecule has 1 heterocycles. The highest BCUT2D eigenvalue weighted by atomic mass is 16.7. The third-order valence-corrected chi connectivity index (χ3v) is 18.0. The fraction of sp³-hybridized carbons (Fsp3) is 0.835. The van der Waals surface area contributed by atoms with Crippen molar-refractivity contribution < 1.29 is 39.8 Å². The molecule has 88 heavy (non-hydrogen) atoms. The van der Waals surface area contributed by atoms with E-state index in [1.807, 2.05) is 6.08 Å². The molecule has 1 aliphatic rings. The summed E-state index contributed by atoms with van der Waals surface area (Å²) in [5.41, 5.74) is 0. The smallest absolute Gasteiger partial charge is 0.220 e. The summed E-state index contributed by atoms with van der Waals surface area (Å²) in [5.74, 6) is -0.186. The summed E-state index contributed by atoms with van der Waals surface area (Å²) in [4.78, 5) is 13.1. The van der Waals surface area contributed by atoms with Gasteiger partial charge in [0.15, 0.2) is 6.29 Å². The van der Waals surface area contributed by atoms with Crippen molar-refractivity contribution in [3.8, 4) is 0 Å². The van der Waals surface area contributed by atoms with E-state index in [1.165, 1.54) is 289 Å². The van der Waals surface area contributed by atoms with Crippen LogP contribution in [0.25, 0.3) is 0 Å². The third kappa shape index (κ3) is 55.3. The van der Waals surface area contributed by atoms with Gasteiger partial charge in [0.25, 0.3) is 0 Å². The Hall–Kier alpha value is -2.37. The molecule has 9 heteroatoms. The lowest BCUT2D eigenvalue weighted by Crippen LogP contribution is -2.60. The van der Waals surface area contributed by atoms with E-state index in [4.69, 9.17) is 9.47 Å². The molecule has 0 spiro atoms. The average Bonchev–Trinajstić information content (AvgIpc) is 3.65. The van der Waals surface area contributed by atoms with Crippen LogP contribution in [0.2, 0.25) is 0 Å². The van der Waals surface area contributed by atoms with Gasteiger partial charge in [-0.25, -0.2) is 0 Å². The van der Waals surface area contributed by atoms with E-state index >= 15 is 0 Å². The van der Waals surface area contributed by atoms with Gasteiger partial charge in [0, 0.05) is 6.42 Å². The first kappa shape index (κ1) is 83.6. The number of rotatable bonds is 67. The number of carbonyl (C=O) groups excluding carboxylic acids is 1. The van der Waals surface area contributed by atoms with E-state index in [0.29, 0.717) is 6.42 Å². The second-order valence-electron chi connectivity index (χ2n) is 26.4. The minimum Gasteiger partial charge on any atom is -0.394 e. The highest BCUT2D eigenvalue weighted by molar-refractivity contribution is 5.76. The van der Waals surface area contributed by atoms with E-state index in [-0.39, 0.29) is 12.5 Å². The van der Waals surface area contributed by atoms with E-state index in [2.05, 4.69) is 79.9 Å². The molecule has 0 bridgehead atoms. The number of allylic oxidation sites excluding steroid dienone is 11. The van der Waals surface area contributed by atoms with Crippen LogP contribution in [-0.4, -0.2) is 87.5 Å². The molecule has 0 saturated carbocycles. The van der Waals surface area contributed by atoms with Gasteiger partial charge in [-0.1, -0.05) is 350 Å². The number of carbonyl (C=O) groups is 1. The van der Waals surface area contributed by atoms with E-state index in [1.54, 1.807) is 6.08 Å². The predicted octanol–water partition coefficient (Wildman–Crippen LogP) is 21.5. The average molecular weight is 1240 g/mol. The molecule has 0 aromatic heterocycles. The number of unbranched alkanes of at least 4 members (excludes halogenated alkanes) is 47. The van der Waals surface area contributed by atoms with Crippen molar-refractivity contribution in [3.63, 3.8) is 0 Å². The van der Waals surface area contributed by atoms with Gasteiger partial charge in [-0.3, -0.25) is 4.79 Å². The summed E-state index contributed by atoms with van der Waals surface area (Å²) >= 11 is 0. The lowest BCUT2D eigenvalue weighted by atomic mass is 9.99. The topological polar surface area (TPSA) is 149 Å². The number of aliphatic hydroxyl groups is 5. The maximum atomic E-state index is 13.1. The zero-order valence-corrected chi connectivity index (χ0v) is 57.7. The number of aliphatic hydroxyl groups excluding tert-OH is 5. The van der Waals surface area contributed by atoms with Gasteiger partial charge in [0.05, 0.1) is 25.4 Å². The van der Waals surface area contributed by atoms with Crippen LogP contribution in [0.4, 0.5) is 0 Å². The first-order valence-corrected chi connectivity index (χ1v) is 38.2. The second kappa shape index (κ2) is 67.5. The molecule has 1 fully saturated rings. The van der Waals surface area contributed by atoms with Gasteiger partial charge >= 0.3 is 0 Å². The molecule has 9 nitrogen and oxygen atoms in total. The molecule has 7 atom stereocenters. The Morgan fingerprint density at radius 3 is 1.03 bits per heavy atom. The van der Waals surface area contributed by atoms with Gasteiger partial charge in [-0.05, 0) is 83.5 Å². The molecular formula is C79H145NO8. The van der Waals surface area contributed by atoms with Crippen molar-refractivity contribution in [2.75, 3.05) is 13.2 Å². The summed E-state index contributed by atoms with van der Waals surface area (Å²) in [6.45, 7) is 3.79. The molecule has 7 unspecified atom stereocenters. The van der Waals surface area contributed by atoms with Crippen LogP contribution in [0.1, 0.15) is 367 Å². The molecule has 1 amide bonds. The number of amides is 1. The van der Waals surface area contributed by atoms with Crippen molar-refractivity contribution >= 4 is 5.91 Å². The van der Waals surface area contributed by atoms with E-state index in [0.717, 1.165) is 57.8 Å². The molecule has 6 N–H and O–H groups in total. The Morgan fingerprint density at radius 2 is 0.682 bits per heavy atom. The molecule has 1 rings (SSSR count). The Bertz CT molecular complexity index is 1620. The SMILES string of the molecule is CCCCCCC/C=C\C/C=C\C/C=C\CCCCCCCCCCCCCCCCCCCCCCC(=O)NC(COC1OC(CO)C(O)C(O)C1O)C(O)/C=C/CC/C=C/CC/C=C/CCCCCCCCCCCCCCCCCCCCCC. The first-order valence-electron chi connectivity index (χ1n) is 38.2. The summed E-state index contributed by atoms with van der Waals surface area (Å²) in [6.07, 6.45) is 88.9. The Labute approximate surface area is 544 Å². The molecule has 0 aromatic rings. The lowest BCUT2D eigenvalue weighted by molar-refractivity contribution is -0.302. The number of hydrogen-bond acceptors (Lipinski definition) is 8. The molecule has 0 aromatic carbocycles. The quantitative estimate of drug-likeness (QED) is 0.0261. The zero-order chi connectivity index (χ0) is 63.5. The minimum atomic E-state index is -1.58. The van der Waals surface area contributed by atoms with E-state index in [9.17, 15) is 30.3 Å². The van der Waals surface area contributed by atoms with Gasteiger partial charge < -0.3 is 40.3 Å². The fourth-order valence-electron chi connectivity index (χ4n) is 12.0. The normalized spacial score (nSPS) is 18.3. The van der Waals surface area contributed by atoms with Crippen molar-refractivity contribution in [1.82, 2.24) is 5.32 Å². The fourth-order valence-corrected chi connectivity index (χ4v) is 12.0. The molecule has 0 aliphatic carbocycles. The van der Waals surface area contributed by atoms with E-state index < -0.39 is 49.5 Å². The molecule has 1 saturated heterocycles. The van der Waals surface area contributed by atoms with Gasteiger partial charge in [0.1, 0.15) is 24.4 Å². The Morgan fingerprint density at radius 1 is 0.386 bits per heavy atom. The van der Waals surface area contributed by atoms with Crippen LogP contribution in [0.5, 0.6) is 0 Å². The van der Waals surface area contributed by atoms with Gasteiger partial charge in [-0.15, -0.1) is 0 Å². The lowest BCUT2D eigenvalue weighted by Gasteiger charge is -2.40. The van der Waals surface area contributed by atoms with Crippen molar-refractivity contribution in [2.24, 2.45) is 0 Å². The monoisotopic (exact) mass is 1240 g/mol.